The first-order valence-corrected chi connectivity index (χ1v) is 6.49. The molecule has 0 bridgehead atoms. The van der Waals surface area contributed by atoms with Gasteiger partial charge in [-0.2, -0.15) is 0 Å². The number of anilines is 1. The normalized spacial score (nSPS) is 10.1. The van der Waals surface area contributed by atoms with Crippen molar-refractivity contribution in [1.82, 2.24) is 0 Å². The van der Waals surface area contributed by atoms with Crippen LogP contribution in [-0.4, -0.2) is 26.1 Å². The molecule has 0 unspecified atom stereocenters. The van der Waals surface area contributed by atoms with Crippen molar-refractivity contribution in [3.05, 3.63) is 59.2 Å². The Bertz CT molecular complexity index is 744. The number of ether oxygens (including phenoxy) is 2. The number of methoxy groups -OCH3 is 2. The summed E-state index contributed by atoms with van der Waals surface area (Å²) in [6.07, 6.45) is 0. The average molecular weight is 321 g/mol. The molecule has 5 nitrogen and oxygen atoms in total. The van der Waals surface area contributed by atoms with Crippen molar-refractivity contribution in [2.45, 2.75) is 0 Å². The molecule has 7 heteroatoms. The highest BCUT2D eigenvalue weighted by Gasteiger charge is 2.21. The van der Waals surface area contributed by atoms with Gasteiger partial charge in [0, 0.05) is 11.6 Å². The number of esters is 1. The van der Waals surface area contributed by atoms with Gasteiger partial charge in [-0.15, -0.1) is 0 Å². The minimum Gasteiger partial charge on any atom is -0.494 e. The summed E-state index contributed by atoms with van der Waals surface area (Å²) in [7, 11) is 2.40. The maximum absolute atomic E-state index is 13.6. The van der Waals surface area contributed by atoms with Crippen molar-refractivity contribution in [1.29, 1.82) is 0 Å². The van der Waals surface area contributed by atoms with Crippen LogP contribution >= 0.6 is 0 Å². The van der Waals surface area contributed by atoms with E-state index in [0.717, 1.165) is 31.4 Å². The van der Waals surface area contributed by atoms with Crippen molar-refractivity contribution in [2.75, 3.05) is 19.5 Å². The number of rotatable bonds is 4. The van der Waals surface area contributed by atoms with Gasteiger partial charge >= 0.3 is 5.97 Å². The minimum atomic E-state index is -0.836. The number of amides is 1. The molecule has 0 aliphatic carbocycles. The second-order valence-electron chi connectivity index (χ2n) is 4.48. The van der Waals surface area contributed by atoms with Gasteiger partial charge in [0.25, 0.3) is 5.91 Å². The number of benzene rings is 2. The zero-order valence-corrected chi connectivity index (χ0v) is 12.4. The summed E-state index contributed by atoms with van der Waals surface area (Å²) in [4.78, 5) is 24.0. The molecule has 0 heterocycles. The Hall–Kier alpha value is -2.96. The lowest BCUT2D eigenvalue weighted by Gasteiger charge is -2.14. The molecule has 2 rings (SSSR count). The van der Waals surface area contributed by atoms with Crippen molar-refractivity contribution in [3.8, 4) is 5.75 Å². The van der Waals surface area contributed by atoms with Crippen LogP contribution in [0.25, 0.3) is 0 Å². The Morgan fingerprint density at radius 3 is 2.22 bits per heavy atom. The Morgan fingerprint density at radius 1 is 1.00 bits per heavy atom. The van der Waals surface area contributed by atoms with E-state index in [1.807, 2.05) is 0 Å². The molecule has 23 heavy (non-hydrogen) atoms. The molecule has 0 saturated heterocycles. The van der Waals surface area contributed by atoms with E-state index >= 15 is 0 Å². The molecule has 2 aromatic carbocycles. The molecular weight excluding hydrogens is 308 g/mol. The molecule has 2 aromatic rings. The lowest BCUT2D eigenvalue weighted by Crippen LogP contribution is -2.16. The number of hydrogen-bond donors (Lipinski definition) is 1. The zero-order valence-electron chi connectivity index (χ0n) is 12.4. The molecule has 0 aliphatic rings. The van der Waals surface area contributed by atoms with Gasteiger partial charge in [0.2, 0.25) is 0 Å². The topological polar surface area (TPSA) is 64.6 Å². The standard InChI is InChI=1S/C16H13F2NO4/c1-22-13-8-11(18)7-12(16(21)23-2)14(13)19-15(20)9-3-5-10(17)6-4-9/h3-8H,1-2H3,(H,19,20). The summed E-state index contributed by atoms with van der Waals surface area (Å²) in [5.74, 6) is -2.70. The van der Waals surface area contributed by atoms with Gasteiger partial charge in [-0.3, -0.25) is 4.79 Å². The lowest BCUT2D eigenvalue weighted by atomic mass is 10.1. The van der Waals surface area contributed by atoms with Crippen LogP contribution in [0.4, 0.5) is 14.5 Å². The third-order valence-electron chi connectivity index (χ3n) is 3.04. The molecule has 0 radical (unpaired) electrons. The van der Waals surface area contributed by atoms with Crippen molar-refractivity contribution >= 4 is 17.6 Å². The molecule has 0 aromatic heterocycles. The Balaban J connectivity index is 2.43. The molecule has 0 saturated carbocycles. The van der Waals surface area contributed by atoms with Gasteiger partial charge in [-0.1, -0.05) is 0 Å². The predicted octanol–water partition coefficient (Wildman–Crippen LogP) is 3.01. The summed E-state index contributed by atoms with van der Waals surface area (Å²) >= 11 is 0. The average Bonchev–Trinajstić information content (AvgIpc) is 2.55. The molecule has 0 atom stereocenters. The molecule has 0 spiro atoms. The van der Waals surface area contributed by atoms with Crippen LogP contribution in [0, 0.1) is 11.6 Å². The fraction of sp³-hybridized carbons (Fsp3) is 0.125. The highest BCUT2D eigenvalue weighted by atomic mass is 19.1. The van der Waals surface area contributed by atoms with Crippen LogP contribution in [-0.2, 0) is 4.74 Å². The van der Waals surface area contributed by atoms with E-state index in [1.54, 1.807) is 0 Å². The SMILES string of the molecule is COC(=O)c1cc(F)cc(OC)c1NC(=O)c1ccc(F)cc1. The van der Waals surface area contributed by atoms with Crippen molar-refractivity contribution in [2.24, 2.45) is 0 Å². The van der Waals surface area contributed by atoms with Gasteiger partial charge in [0.15, 0.2) is 0 Å². The predicted molar refractivity (Wildman–Crippen MR) is 78.6 cm³/mol. The smallest absolute Gasteiger partial charge is 0.340 e. The highest BCUT2D eigenvalue weighted by molar-refractivity contribution is 6.09. The third-order valence-corrected chi connectivity index (χ3v) is 3.04. The minimum absolute atomic E-state index is 0.0323. The largest absolute Gasteiger partial charge is 0.494 e. The van der Waals surface area contributed by atoms with Gasteiger partial charge in [0.1, 0.15) is 17.4 Å². The monoisotopic (exact) mass is 321 g/mol. The molecule has 120 valence electrons. The van der Waals surface area contributed by atoms with Crippen LogP contribution in [0.2, 0.25) is 0 Å². The first-order chi connectivity index (χ1) is 11.0. The molecular formula is C16H13F2NO4. The van der Waals surface area contributed by atoms with E-state index in [1.165, 1.54) is 19.2 Å². The zero-order chi connectivity index (χ0) is 17.0. The Kier molecular flexibility index (Phi) is 4.90. The number of carbonyl (C=O) groups excluding carboxylic acids is 2. The lowest BCUT2D eigenvalue weighted by molar-refractivity contribution is 0.0601. The highest BCUT2D eigenvalue weighted by Crippen LogP contribution is 2.31. The summed E-state index contributed by atoms with van der Waals surface area (Å²) in [6, 6.07) is 6.74. The van der Waals surface area contributed by atoms with Crippen LogP contribution in [0.1, 0.15) is 20.7 Å². The van der Waals surface area contributed by atoms with E-state index in [0.29, 0.717) is 0 Å². The Morgan fingerprint density at radius 2 is 1.65 bits per heavy atom. The van der Waals surface area contributed by atoms with Crippen molar-refractivity contribution in [3.63, 3.8) is 0 Å². The van der Waals surface area contributed by atoms with Gasteiger partial charge in [-0.05, 0) is 30.3 Å². The van der Waals surface area contributed by atoms with Gasteiger partial charge < -0.3 is 14.8 Å². The fourth-order valence-electron chi connectivity index (χ4n) is 1.93. The van der Waals surface area contributed by atoms with Crippen LogP contribution in [0.15, 0.2) is 36.4 Å². The summed E-state index contributed by atoms with van der Waals surface area (Å²) < 4.78 is 36.0. The first kappa shape index (κ1) is 16.4. The number of carbonyl (C=O) groups is 2. The Labute approximate surface area is 130 Å². The van der Waals surface area contributed by atoms with Crippen molar-refractivity contribution < 1.29 is 27.8 Å². The molecule has 1 amide bonds. The molecule has 0 fully saturated rings. The van der Waals surface area contributed by atoms with Gasteiger partial charge in [-0.25, -0.2) is 13.6 Å². The summed E-state index contributed by atoms with van der Waals surface area (Å²) in [5, 5.41) is 2.45. The number of halogens is 2. The van der Waals surface area contributed by atoms with Crippen LogP contribution in [0.3, 0.4) is 0 Å². The number of hydrogen-bond acceptors (Lipinski definition) is 4. The quantitative estimate of drug-likeness (QED) is 0.879. The van der Waals surface area contributed by atoms with E-state index in [9.17, 15) is 18.4 Å². The number of nitrogens with one attached hydrogen (secondary N) is 1. The molecule has 0 aliphatic heterocycles. The fourth-order valence-corrected chi connectivity index (χ4v) is 1.93. The van der Waals surface area contributed by atoms with E-state index in [-0.39, 0.29) is 22.6 Å². The van der Waals surface area contributed by atoms with E-state index < -0.39 is 23.5 Å². The van der Waals surface area contributed by atoms with Gasteiger partial charge in [0.05, 0.1) is 25.5 Å². The molecule has 1 N–H and O–H groups in total. The van der Waals surface area contributed by atoms with E-state index in [2.05, 4.69) is 10.1 Å². The second-order valence-corrected chi connectivity index (χ2v) is 4.48. The first-order valence-electron chi connectivity index (χ1n) is 6.49. The van der Waals surface area contributed by atoms with Crippen LogP contribution in [0.5, 0.6) is 5.75 Å². The maximum Gasteiger partial charge on any atom is 0.340 e. The summed E-state index contributed by atoms with van der Waals surface area (Å²) in [6.45, 7) is 0. The maximum atomic E-state index is 13.6. The van der Waals surface area contributed by atoms with Crippen LogP contribution < -0.4 is 10.1 Å². The summed E-state index contributed by atoms with van der Waals surface area (Å²) in [5.41, 5.74) is -0.0662. The van der Waals surface area contributed by atoms with E-state index in [4.69, 9.17) is 4.74 Å². The third kappa shape index (κ3) is 3.63. The second kappa shape index (κ2) is 6.87.